The summed E-state index contributed by atoms with van der Waals surface area (Å²) in [7, 11) is 1.99. The van der Waals surface area contributed by atoms with Gasteiger partial charge in [-0.05, 0) is 26.0 Å². The molecule has 0 amide bonds. The number of rotatable bonds is 4. The van der Waals surface area contributed by atoms with E-state index in [1.54, 1.807) is 6.07 Å². The molecular weight excluding hydrogens is 265 g/mol. The summed E-state index contributed by atoms with van der Waals surface area (Å²) in [4.78, 5) is 14.1. The summed E-state index contributed by atoms with van der Waals surface area (Å²) >= 11 is 13.0. The Kier molecular flexibility index (Phi) is 3.90. The third-order valence-electron chi connectivity index (χ3n) is 3.05. The van der Waals surface area contributed by atoms with Gasteiger partial charge in [-0.25, -0.2) is 0 Å². The molecule has 5 heteroatoms. The van der Waals surface area contributed by atoms with Crippen molar-refractivity contribution in [2.75, 3.05) is 13.6 Å². The third-order valence-corrected chi connectivity index (χ3v) is 4.54. The molecule has 0 aromatic carbocycles. The lowest BCUT2D eigenvalue weighted by Crippen LogP contribution is -2.40. The molecule has 0 N–H and O–H groups in total. The van der Waals surface area contributed by atoms with E-state index < -0.39 is 0 Å². The van der Waals surface area contributed by atoms with Gasteiger partial charge in [0.05, 0.1) is 16.4 Å². The zero-order valence-electron chi connectivity index (χ0n) is 9.00. The van der Waals surface area contributed by atoms with Crippen molar-refractivity contribution in [3.63, 3.8) is 0 Å². The number of hydrogen-bond donors (Lipinski definition) is 0. The van der Waals surface area contributed by atoms with E-state index in [9.17, 15) is 4.79 Å². The Hall–Kier alpha value is -0.0900. The summed E-state index contributed by atoms with van der Waals surface area (Å²) in [6.07, 6.45) is 3.66. The van der Waals surface area contributed by atoms with Crippen LogP contribution in [0.25, 0.3) is 0 Å². The van der Waals surface area contributed by atoms with E-state index in [0.29, 0.717) is 26.8 Å². The first-order valence-electron chi connectivity index (χ1n) is 5.26. The highest BCUT2D eigenvalue weighted by Crippen LogP contribution is 2.32. The van der Waals surface area contributed by atoms with Gasteiger partial charge in [-0.2, -0.15) is 0 Å². The third kappa shape index (κ3) is 2.59. The number of halogens is 2. The lowest BCUT2D eigenvalue weighted by atomic mass is 9.91. The van der Waals surface area contributed by atoms with Crippen LogP contribution in [0.1, 0.15) is 29.6 Å². The predicted octanol–water partition coefficient (Wildman–Crippen LogP) is 3.72. The average molecular weight is 278 g/mol. The van der Waals surface area contributed by atoms with E-state index >= 15 is 0 Å². The number of Topliss-reactive ketones (excluding diaryl/α,β-unsaturated/α-hetero) is 1. The summed E-state index contributed by atoms with van der Waals surface area (Å²) in [5.74, 6) is 0.0579. The molecule has 88 valence electrons. The number of hydrogen-bond acceptors (Lipinski definition) is 3. The SMILES string of the molecule is CN(CC(=O)c1cc(Cl)sc1Cl)C1CCC1. The maximum Gasteiger partial charge on any atom is 0.179 e. The molecule has 0 unspecified atom stereocenters. The van der Waals surface area contributed by atoms with E-state index in [0.717, 1.165) is 0 Å². The smallest absolute Gasteiger partial charge is 0.179 e. The molecule has 0 radical (unpaired) electrons. The molecule has 1 heterocycles. The fourth-order valence-corrected chi connectivity index (χ4v) is 3.30. The summed E-state index contributed by atoms with van der Waals surface area (Å²) in [6.45, 7) is 0.428. The van der Waals surface area contributed by atoms with Gasteiger partial charge in [0.25, 0.3) is 0 Å². The molecule has 1 aliphatic carbocycles. The molecule has 1 aromatic heterocycles. The summed E-state index contributed by atoms with van der Waals surface area (Å²) in [6, 6.07) is 2.22. The van der Waals surface area contributed by atoms with Crippen molar-refractivity contribution in [1.82, 2.24) is 4.90 Å². The minimum atomic E-state index is 0.0579. The van der Waals surface area contributed by atoms with Crippen LogP contribution in [0.5, 0.6) is 0 Å². The highest BCUT2D eigenvalue weighted by molar-refractivity contribution is 7.20. The van der Waals surface area contributed by atoms with Crippen LogP contribution in [0, 0.1) is 0 Å². The maximum atomic E-state index is 12.0. The molecule has 1 fully saturated rings. The number of nitrogens with zero attached hydrogens (tertiary/aromatic N) is 1. The van der Waals surface area contributed by atoms with E-state index in [1.165, 1.54) is 30.6 Å². The van der Waals surface area contributed by atoms with Crippen molar-refractivity contribution >= 4 is 40.3 Å². The average Bonchev–Trinajstić information content (AvgIpc) is 2.41. The van der Waals surface area contributed by atoms with Gasteiger partial charge >= 0.3 is 0 Å². The molecular formula is C11H13Cl2NOS. The zero-order chi connectivity index (χ0) is 11.7. The Labute approximate surface area is 109 Å². The number of ketones is 1. The molecule has 16 heavy (non-hydrogen) atoms. The maximum absolute atomic E-state index is 12.0. The fraction of sp³-hybridized carbons (Fsp3) is 0.545. The number of thiophene rings is 1. The monoisotopic (exact) mass is 277 g/mol. The molecule has 1 aliphatic rings. The van der Waals surface area contributed by atoms with E-state index in [4.69, 9.17) is 23.2 Å². The molecule has 1 saturated carbocycles. The van der Waals surface area contributed by atoms with Gasteiger partial charge in [0.15, 0.2) is 5.78 Å². The first-order chi connectivity index (χ1) is 7.58. The first-order valence-corrected chi connectivity index (χ1v) is 6.83. The largest absolute Gasteiger partial charge is 0.296 e. The lowest BCUT2D eigenvalue weighted by Gasteiger charge is -2.34. The highest BCUT2D eigenvalue weighted by Gasteiger charge is 2.24. The van der Waals surface area contributed by atoms with Crippen molar-refractivity contribution in [2.45, 2.75) is 25.3 Å². The second kappa shape index (κ2) is 5.05. The molecule has 2 nitrogen and oxygen atoms in total. The van der Waals surface area contributed by atoms with Gasteiger partial charge in [0.2, 0.25) is 0 Å². The Balaban J connectivity index is 1.99. The summed E-state index contributed by atoms with van der Waals surface area (Å²) < 4.78 is 1.07. The molecule has 1 aromatic rings. The summed E-state index contributed by atoms with van der Waals surface area (Å²) in [5.41, 5.74) is 0.558. The van der Waals surface area contributed by atoms with Crippen LogP contribution in [0.4, 0.5) is 0 Å². The van der Waals surface area contributed by atoms with E-state index in [1.807, 2.05) is 7.05 Å². The first kappa shape index (κ1) is 12.4. The molecule has 0 spiro atoms. The van der Waals surface area contributed by atoms with Crippen LogP contribution in [0.2, 0.25) is 8.67 Å². The lowest BCUT2D eigenvalue weighted by molar-refractivity contribution is 0.0871. The molecule has 0 aliphatic heterocycles. The second-order valence-corrected chi connectivity index (χ2v) is 6.45. The minimum absolute atomic E-state index is 0.0579. The number of carbonyl (C=O) groups excluding carboxylic acids is 1. The number of carbonyl (C=O) groups is 1. The normalized spacial score (nSPS) is 16.5. The summed E-state index contributed by atoms with van der Waals surface area (Å²) in [5, 5.41) is 0. The standard InChI is InChI=1S/C11H13Cl2NOS/c1-14(7-3-2-4-7)6-9(15)8-5-10(12)16-11(8)13/h5,7H,2-4,6H2,1H3. The van der Waals surface area contributed by atoms with E-state index in [-0.39, 0.29) is 5.78 Å². The van der Waals surface area contributed by atoms with Crippen molar-refractivity contribution in [3.8, 4) is 0 Å². The van der Waals surface area contributed by atoms with Crippen molar-refractivity contribution < 1.29 is 4.79 Å². The van der Waals surface area contributed by atoms with Gasteiger partial charge in [-0.15, -0.1) is 11.3 Å². The number of likely N-dealkylation sites (N-methyl/N-ethyl adjacent to an activating group) is 1. The van der Waals surface area contributed by atoms with Crippen LogP contribution in [-0.2, 0) is 0 Å². The van der Waals surface area contributed by atoms with Crippen LogP contribution >= 0.6 is 34.5 Å². The Bertz CT molecular complexity index is 401. The van der Waals surface area contributed by atoms with Crippen LogP contribution in [-0.4, -0.2) is 30.3 Å². The Morgan fingerprint density at radius 3 is 2.69 bits per heavy atom. The Morgan fingerprint density at radius 2 is 2.25 bits per heavy atom. The van der Waals surface area contributed by atoms with Crippen LogP contribution < -0.4 is 0 Å². The molecule has 0 atom stereocenters. The van der Waals surface area contributed by atoms with Crippen molar-refractivity contribution in [2.24, 2.45) is 0 Å². The van der Waals surface area contributed by atoms with Gasteiger partial charge in [-0.1, -0.05) is 29.6 Å². The minimum Gasteiger partial charge on any atom is -0.296 e. The topological polar surface area (TPSA) is 20.3 Å². The predicted molar refractivity (Wildman–Crippen MR) is 68.9 cm³/mol. The van der Waals surface area contributed by atoms with Gasteiger partial charge in [0.1, 0.15) is 4.34 Å². The molecule has 0 bridgehead atoms. The van der Waals surface area contributed by atoms with Gasteiger partial charge in [0, 0.05) is 6.04 Å². The fourth-order valence-electron chi connectivity index (χ4n) is 1.80. The van der Waals surface area contributed by atoms with Gasteiger partial charge < -0.3 is 0 Å². The molecule has 2 rings (SSSR count). The van der Waals surface area contributed by atoms with E-state index in [2.05, 4.69) is 4.90 Å². The molecule has 0 saturated heterocycles. The van der Waals surface area contributed by atoms with Gasteiger partial charge in [-0.3, -0.25) is 9.69 Å². The van der Waals surface area contributed by atoms with Crippen molar-refractivity contribution in [3.05, 3.63) is 20.3 Å². The second-order valence-electron chi connectivity index (χ2n) is 4.16. The van der Waals surface area contributed by atoms with Crippen LogP contribution in [0.15, 0.2) is 6.07 Å². The quantitative estimate of drug-likeness (QED) is 0.782. The zero-order valence-corrected chi connectivity index (χ0v) is 11.3. The highest BCUT2D eigenvalue weighted by atomic mass is 35.5. The Morgan fingerprint density at radius 1 is 1.56 bits per heavy atom. The van der Waals surface area contributed by atoms with Crippen LogP contribution in [0.3, 0.4) is 0 Å². The van der Waals surface area contributed by atoms with Crippen molar-refractivity contribution in [1.29, 1.82) is 0 Å².